The van der Waals surface area contributed by atoms with Crippen LogP contribution in [0.3, 0.4) is 0 Å². The van der Waals surface area contributed by atoms with E-state index in [2.05, 4.69) is 9.80 Å². The number of carbonyl (C=O) groups is 1. The summed E-state index contributed by atoms with van der Waals surface area (Å²) in [6.07, 6.45) is -2.67. The number of alkyl halides is 3. The number of benzene rings is 2. The first-order valence-corrected chi connectivity index (χ1v) is 17.4. The molecule has 0 atom stereocenters. The molecule has 1 saturated heterocycles. The van der Waals surface area contributed by atoms with Crippen molar-refractivity contribution in [1.29, 1.82) is 0 Å². The summed E-state index contributed by atoms with van der Waals surface area (Å²) in [5, 5.41) is 7.12. The molecule has 0 aliphatic carbocycles. The lowest BCUT2D eigenvalue weighted by molar-refractivity contribution is -0.192. The number of rotatable bonds is 6. The van der Waals surface area contributed by atoms with E-state index in [9.17, 15) is 30.0 Å². The molecule has 0 amide bonds. The fraction of sp³-hybridized carbons (Fsp3) is 0.536. The van der Waals surface area contributed by atoms with Gasteiger partial charge in [0.2, 0.25) is 0 Å². The van der Waals surface area contributed by atoms with Crippen LogP contribution in [0.15, 0.2) is 58.3 Å². The Kier molecular flexibility index (Phi) is 15.2. The Morgan fingerprint density at radius 1 is 0.659 bits per heavy atom. The molecule has 2 aromatic rings. The van der Waals surface area contributed by atoms with Crippen molar-refractivity contribution in [1.82, 2.24) is 9.80 Å². The SMILES string of the molecule is CS(=O)(=O)c1ccc(CN2CCOCCOCCN(Cc3ccc(S(C)(=O)=O)cc3)CCOCC2)cc1.O=C(O)C(F)(F)F. The zero-order chi connectivity index (χ0) is 32.8. The van der Waals surface area contributed by atoms with Crippen LogP contribution in [-0.4, -0.2) is 122 Å². The highest BCUT2D eigenvalue weighted by molar-refractivity contribution is 7.91. The van der Waals surface area contributed by atoms with E-state index in [0.29, 0.717) is 62.5 Å². The Labute approximate surface area is 256 Å². The van der Waals surface area contributed by atoms with Gasteiger partial charge in [-0.1, -0.05) is 24.3 Å². The van der Waals surface area contributed by atoms with Crippen LogP contribution in [0.4, 0.5) is 13.2 Å². The van der Waals surface area contributed by atoms with Crippen LogP contribution in [0, 0.1) is 0 Å². The summed E-state index contributed by atoms with van der Waals surface area (Å²) in [5.74, 6) is -2.76. The number of carboxylic acids is 1. The number of halogens is 3. The second-order valence-electron chi connectivity index (χ2n) is 10.0. The van der Waals surface area contributed by atoms with Gasteiger partial charge in [-0.3, -0.25) is 9.80 Å². The molecule has 1 aliphatic heterocycles. The van der Waals surface area contributed by atoms with Crippen molar-refractivity contribution >= 4 is 25.6 Å². The van der Waals surface area contributed by atoms with Crippen LogP contribution in [0.2, 0.25) is 0 Å². The predicted molar refractivity (Wildman–Crippen MR) is 156 cm³/mol. The van der Waals surface area contributed by atoms with Crippen molar-refractivity contribution in [2.45, 2.75) is 29.1 Å². The maximum atomic E-state index is 11.7. The van der Waals surface area contributed by atoms with Crippen molar-refractivity contribution in [3.63, 3.8) is 0 Å². The Hall–Kier alpha value is -2.60. The molecule has 2 aromatic carbocycles. The fourth-order valence-corrected chi connectivity index (χ4v) is 5.20. The van der Waals surface area contributed by atoms with E-state index in [0.717, 1.165) is 37.3 Å². The van der Waals surface area contributed by atoms with Gasteiger partial charge < -0.3 is 19.3 Å². The topological polar surface area (TPSA) is 140 Å². The van der Waals surface area contributed by atoms with Crippen molar-refractivity contribution in [2.24, 2.45) is 0 Å². The minimum atomic E-state index is -5.08. The number of aliphatic carboxylic acids is 1. The normalized spacial score (nSPS) is 17.5. The molecular formula is C28H39F3N2O9S2. The first-order chi connectivity index (χ1) is 20.6. The van der Waals surface area contributed by atoms with Crippen molar-refractivity contribution in [3.05, 3.63) is 59.7 Å². The molecule has 0 aromatic heterocycles. The summed E-state index contributed by atoms with van der Waals surface area (Å²) < 4.78 is 96.1. The number of hydrogen-bond donors (Lipinski definition) is 1. The zero-order valence-corrected chi connectivity index (χ0v) is 26.3. The van der Waals surface area contributed by atoms with Gasteiger partial charge in [0.25, 0.3) is 0 Å². The molecule has 0 saturated carbocycles. The maximum absolute atomic E-state index is 11.7. The van der Waals surface area contributed by atoms with Gasteiger partial charge in [0.1, 0.15) is 0 Å². The Bertz CT molecular complexity index is 1280. The van der Waals surface area contributed by atoms with Gasteiger partial charge in [-0.25, -0.2) is 21.6 Å². The fourth-order valence-electron chi connectivity index (χ4n) is 3.94. The van der Waals surface area contributed by atoms with Gasteiger partial charge in [0.05, 0.1) is 49.4 Å². The molecule has 0 spiro atoms. The van der Waals surface area contributed by atoms with E-state index in [1.165, 1.54) is 12.5 Å². The van der Waals surface area contributed by atoms with Gasteiger partial charge >= 0.3 is 12.1 Å². The van der Waals surface area contributed by atoms with Crippen molar-refractivity contribution < 1.29 is 54.1 Å². The summed E-state index contributed by atoms with van der Waals surface area (Å²) >= 11 is 0. The molecule has 0 unspecified atom stereocenters. The van der Waals surface area contributed by atoms with Gasteiger partial charge in [-0.15, -0.1) is 0 Å². The molecule has 1 fully saturated rings. The minimum absolute atomic E-state index is 0.316. The molecule has 0 bridgehead atoms. The number of sulfone groups is 2. The Balaban J connectivity index is 0.000000860. The lowest BCUT2D eigenvalue weighted by Gasteiger charge is -2.24. The third kappa shape index (κ3) is 14.9. The molecular weight excluding hydrogens is 629 g/mol. The lowest BCUT2D eigenvalue weighted by Crippen LogP contribution is -2.32. The quantitative estimate of drug-likeness (QED) is 0.486. The molecule has 248 valence electrons. The second kappa shape index (κ2) is 17.8. The summed E-state index contributed by atoms with van der Waals surface area (Å²) in [4.78, 5) is 14.0. The van der Waals surface area contributed by atoms with Crippen molar-refractivity contribution in [2.75, 3.05) is 78.3 Å². The first kappa shape index (κ1) is 37.6. The smallest absolute Gasteiger partial charge is 0.475 e. The van der Waals surface area contributed by atoms with Crippen LogP contribution >= 0.6 is 0 Å². The van der Waals surface area contributed by atoms with Crippen LogP contribution in [0.1, 0.15) is 11.1 Å². The maximum Gasteiger partial charge on any atom is 0.490 e. The molecule has 0 radical (unpaired) electrons. The number of carboxylic acid groups (broad SMARTS) is 1. The third-order valence-corrected chi connectivity index (χ3v) is 8.59. The molecule has 44 heavy (non-hydrogen) atoms. The van der Waals surface area contributed by atoms with E-state index >= 15 is 0 Å². The monoisotopic (exact) mass is 668 g/mol. The average Bonchev–Trinajstić information content (AvgIpc) is 2.93. The van der Waals surface area contributed by atoms with Gasteiger partial charge in [0, 0.05) is 51.8 Å². The van der Waals surface area contributed by atoms with Gasteiger partial charge in [-0.05, 0) is 35.4 Å². The van der Waals surface area contributed by atoms with Gasteiger partial charge in [0.15, 0.2) is 19.7 Å². The van der Waals surface area contributed by atoms with E-state index in [1.54, 1.807) is 24.3 Å². The third-order valence-electron chi connectivity index (χ3n) is 6.34. The first-order valence-electron chi connectivity index (χ1n) is 13.6. The van der Waals surface area contributed by atoms with E-state index in [1.807, 2.05) is 24.3 Å². The Morgan fingerprint density at radius 3 is 1.18 bits per heavy atom. The Morgan fingerprint density at radius 2 is 0.932 bits per heavy atom. The molecule has 1 N–H and O–H groups in total. The van der Waals surface area contributed by atoms with E-state index in [-0.39, 0.29) is 0 Å². The highest BCUT2D eigenvalue weighted by Crippen LogP contribution is 2.14. The molecule has 1 heterocycles. The number of nitrogens with zero attached hydrogens (tertiary/aromatic N) is 2. The van der Waals surface area contributed by atoms with Crippen LogP contribution < -0.4 is 0 Å². The van der Waals surface area contributed by atoms with Crippen LogP contribution in [0.5, 0.6) is 0 Å². The molecule has 1 aliphatic rings. The molecule has 16 heteroatoms. The van der Waals surface area contributed by atoms with E-state index in [4.69, 9.17) is 24.1 Å². The average molecular weight is 669 g/mol. The summed E-state index contributed by atoms with van der Waals surface area (Å²) in [6.45, 7) is 7.54. The van der Waals surface area contributed by atoms with Crippen LogP contribution in [-0.2, 0) is 51.8 Å². The lowest BCUT2D eigenvalue weighted by atomic mass is 10.2. The zero-order valence-electron chi connectivity index (χ0n) is 24.7. The van der Waals surface area contributed by atoms with Gasteiger partial charge in [-0.2, -0.15) is 13.2 Å². The summed E-state index contributed by atoms with van der Waals surface area (Å²) in [5.41, 5.74) is 2.06. The second-order valence-corrected chi connectivity index (χ2v) is 14.1. The molecule has 3 rings (SSSR count). The minimum Gasteiger partial charge on any atom is -0.475 e. The highest BCUT2D eigenvalue weighted by Gasteiger charge is 2.38. The standard InChI is InChI=1S/C26H38N2O7S2.C2HF3O2/c1-36(29,30)25-7-3-23(4-8-25)21-27-11-15-33-16-12-28(14-18-35-20-19-34-17-13-27)22-24-5-9-26(10-6-24)37(2,31)32;3-2(4,5)1(6)7/h3-10H,11-22H2,1-2H3;(H,6,7). The van der Waals surface area contributed by atoms with E-state index < -0.39 is 31.8 Å². The largest absolute Gasteiger partial charge is 0.490 e. The highest BCUT2D eigenvalue weighted by atomic mass is 32.2. The number of ether oxygens (including phenoxy) is 3. The van der Waals surface area contributed by atoms with Crippen molar-refractivity contribution in [3.8, 4) is 0 Å². The molecule has 11 nitrogen and oxygen atoms in total. The van der Waals surface area contributed by atoms with Crippen LogP contribution in [0.25, 0.3) is 0 Å². The number of hydrogen-bond acceptors (Lipinski definition) is 10. The predicted octanol–water partition coefficient (Wildman–Crippen LogP) is 2.49. The summed E-state index contributed by atoms with van der Waals surface area (Å²) in [6, 6.07) is 14.0. The summed E-state index contributed by atoms with van der Waals surface area (Å²) in [7, 11) is -6.43.